The number of anilines is 2. The highest BCUT2D eigenvalue weighted by Crippen LogP contribution is 2.37. The molecule has 0 unspecified atom stereocenters. The van der Waals surface area contributed by atoms with Crippen molar-refractivity contribution in [2.24, 2.45) is 0 Å². The lowest BCUT2D eigenvalue weighted by Crippen LogP contribution is -2.49. The van der Waals surface area contributed by atoms with Crippen LogP contribution < -0.4 is 9.80 Å². The van der Waals surface area contributed by atoms with Crippen LogP contribution in [0.3, 0.4) is 0 Å². The number of halogens is 4. The number of rotatable bonds is 4. The molecule has 0 saturated carbocycles. The minimum absolute atomic E-state index is 0.0266. The van der Waals surface area contributed by atoms with Gasteiger partial charge >= 0.3 is 6.18 Å². The van der Waals surface area contributed by atoms with Crippen molar-refractivity contribution in [3.63, 3.8) is 0 Å². The number of hydrogen-bond donors (Lipinski definition) is 0. The first-order chi connectivity index (χ1) is 15.2. The van der Waals surface area contributed by atoms with Crippen LogP contribution >= 0.6 is 0 Å². The Bertz CT molecular complexity index is 1060. The molecule has 0 N–H and O–H groups in total. The number of ether oxygens (including phenoxy) is 1. The van der Waals surface area contributed by atoms with E-state index in [9.17, 15) is 26.0 Å². The summed E-state index contributed by atoms with van der Waals surface area (Å²) in [6.45, 7) is 2.67. The van der Waals surface area contributed by atoms with E-state index in [1.54, 1.807) is 12.1 Å². The van der Waals surface area contributed by atoms with Crippen LogP contribution in [0.5, 0.6) is 0 Å². The molecule has 0 atom stereocenters. The van der Waals surface area contributed by atoms with E-state index in [0.29, 0.717) is 32.4 Å². The SMILES string of the molecule is O=S(=O)(c1cccc(N2CCOCC2)c1)N1CCN(c2ccc(F)cc2C(F)(F)F)CC1. The van der Waals surface area contributed by atoms with E-state index in [2.05, 4.69) is 0 Å². The summed E-state index contributed by atoms with van der Waals surface area (Å²) in [6.07, 6.45) is -4.71. The maximum atomic E-state index is 13.4. The van der Waals surface area contributed by atoms with E-state index in [1.807, 2.05) is 11.0 Å². The zero-order valence-electron chi connectivity index (χ0n) is 17.2. The van der Waals surface area contributed by atoms with Gasteiger partial charge in [0.2, 0.25) is 10.0 Å². The van der Waals surface area contributed by atoms with Gasteiger partial charge in [-0.1, -0.05) is 6.07 Å². The summed E-state index contributed by atoms with van der Waals surface area (Å²) in [7, 11) is -3.81. The Morgan fingerprint density at radius 2 is 1.53 bits per heavy atom. The molecule has 2 aromatic rings. The number of nitrogens with zero attached hydrogens (tertiary/aromatic N) is 3. The molecule has 0 bridgehead atoms. The quantitative estimate of drug-likeness (QED) is 0.639. The molecule has 2 saturated heterocycles. The van der Waals surface area contributed by atoms with Crippen molar-refractivity contribution in [3.05, 3.63) is 53.8 Å². The maximum absolute atomic E-state index is 13.4. The topological polar surface area (TPSA) is 53.1 Å². The van der Waals surface area contributed by atoms with Gasteiger partial charge in [0.1, 0.15) is 5.82 Å². The number of benzene rings is 2. The molecule has 0 spiro atoms. The Hall–Kier alpha value is -2.37. The van der Waals surface area contributed by atoms with E-state index in [0.717, 1.165) is 17.8 Å². The first kappa shape index (κ1) is 22.8. The lowest BCUT2D eigenvalue weighted by molar-refractivity contribution is -0.137. The molecule has 0 aromatic heterocycles. The standard InChI is InChI=1S/C21H23F4N3O3S/c22-16-4-5-20(19(14-16)21(23,24)25)27-6-8-28(9-7-27)32(29,30)18-3-1-2-17(15-18)26-10-12-31-13-11-26/h1-5,14-15H,6-13H2. The van der Waals surface area contributed by atoms with E-state index in [-0.39, 0.29) is 36.8 Å². The molecule has 2 heterocycles. The maximum Gasteiger partial charge on any atom is 0.418 e. The van der Waals surface area contributed by atoms with Gasteiger partial charge in [0.25, 0.3) is 0 Å². The summed E-state index contributed by atoms with van der Waals surface area (Å²) in [6, 6.07) is 9.20. The Balaban J connectivity index is 1.50. The second-order valence-electron chi connectivity index (χ2n) is 7.65. The zero-order valence-corrected chi connectivity index (χ0v) is 18.0. The number of piperazine rings is 1. The van der Waals surface area contributed by atoms with Gasteiger partial charge in [-0.2, -0.15) is 17.5 Å². The third kappa shape index (κ3) is 4.69. The van der Waals surface area contributed by atoms with Gasteiger partial charge in [0.05, 0.1) is 23.7 Å². The summed E-state index contributed by atoms with van der Waals surface area (Å²) in [5, 5.41) is 0. The fourth-order valence-corrected chi connectivity index (χ4v) is 5.45. The van der Waals surface area contributed by atoms with Crippen LogP contribution in [0.25, 0.3) is 0 Å². The number of sulfonamides is 1. The first-order valence-electron chi connectivity index (χ1n) is 10.2. The van der Waals surface area contributed by atoms with Gasteiger partial charge in [0, 0.05) is 50.6 Å². The molecular weight excluding hydrogens is 450 g/mol. The van der Waals surface area contributed by atoms with Crippen LogP contribution in [0, 0.1) is 5.82 Å². The van der Waals surface area contributed by atoms with E-state index < -0.39 is 27.6 Å². The van der Waals surface area contributed by atoms with Gasteiger partial charge in [-0.25, -0.2) is 12.8 Å². The highest BCUT2D eigenvalue weighted by atomic mass is 32.2. The van der Waals surface area contributed by atoms with Crippen molar-refractivity contribution in [3.8, 4) is 0 Å². The van der Waals surface area contributed by atoms with Gasteiger partial charge in [-0.15, -0.1) is 0 Å². The fourth-order valence-electron chi connectivity index (χ4n) is 3.99. The Kier molecular flexibility index (Phi) is 6.33. The molecule has 2 aliphatic rings. The summed E-state index contributed by atoms with van der Waals surface area (Å²) < 4.78 is 86.4. The van der Waals surface area contributed by atoms with Crippen LogP contribution in [0.15, 0.2) is 47.4 Å². The van der Waals surface area contributed by atoms with Crippen molar-refractivity contribution in [2.75, 3.05) is 62.3 Å². The summed E-state index contributed by atoms with van der Waals surface area (Å²) >= 11 is 0. The van der Waals surface area contributed by atoms with Gasteiger partial charge in [-0.05, 0) is 36.4 Å². The lowest BCUT2D eigenvalue weighted by Gasteiger charge is -2.36. The Morgan fingerprint density at radius 1 is 0.844 bits per heavy atom. The summed E-state index contributed by atoms with van der Waals surface area (Å²) in [5.41, 5.74) is -0.425. The van der Waals surface area contributed by atoms with Crippen LogP contribution in [0.2, 0.25) is 0 Å². The minimum atomic E-state index is -4.71. The van der Waals surface area contributed by atoms with Crippen LogP contribution in [0.4, 0.5) is 28.9 Å². The minimum Gasteiger partial charge on any atom is -0.378 e. The van der Waals surface area contributed by atoms with E-state index in [1.165, 1.54) is 15.3 Å². The Morgan fingerprint density at radius 3 is 2.19 bits per heavy atom. The molecule has 6 nitrogen and oxygen atoms in total. The highest BCUT2D eigenvalue weighted by molar-refractivity contribution is 7.89. The number of morpholine rings is 1. The highest BCUT2D eigenvalue weighted by Gasteiger charge is 2.37. The summed E-state index contributed by atoms with van der Waals surface area (Å²) in [5.74, 6) is -0.970. The molecule has 11 heteroatoms. The second-order valence-corrected chi connectivity index (χ2v) is 9.59. The van der Waals surface area contributed by atoms with Crippen molar-refractivity contribution in [2.45, 2.75) is 11.1 Å². The van der Waals surface area contributed by atoms with Crippen molar-refractivity contribution < 1.29 is 30.7 Å². The van der Waals surface area contributed by atoms with E-state index in [4.69, 9.17) is 4.74 Å². The van der Waals surface area contributed by atoms with Crippen LogP contribution in [-0.2, 0) is 20.9 Å². The third-order valence-corrected chi connectivity index (χ3v) is 7.57. The van der Waals surface area contributed by atoms with E-state index >= 15 is 0 Å². The van der Waals surface area contributed by atoms with Gasteiger partial charge in [-0.3, -0.25) is 0 Å². The molecular formula is C21H23F4N3O3S. The van der Waals surface area contributed by atoms with Gasteiger partial charge < -0.3 is 14.5 Å². The normalized spacial score (nSPS) is 18.8. The number of alkyl halides is 3. The molecule has 0 amide bonds. The summed E-state index contributed by atoms with van der Waals surface area (Å²) in [4.78, 5) is 3.64. The average molecular weight is 473 g/mol. The molecule has 0 aliphatic carbocycles. The van der Waals surface area contributed by atoms with Crippen molar-refractivity contribution >= 4 is 21.4 Å². The lowest BCUT2D eigenvalue weighted by atomic mass is 10.1. The predicted octanol–water partition coefficient (Wildman–Crippen LogP) is 3.19. The second kappa shape index (κ2) is 8.87. The molecule has 0 radical (unpaired) electrons. The average Bonchev–Trinajstić information content (AvgIpc) is 2.79. The smallest absolute Gasteiger partial charge is 0.378 e. The molecule has 32 heavy (non-hydrogen) atoms. The van der Waals surface area contributed by atoms with Crippen LogP contribution in [0.1, 0.15) is 5.56 Å². The zero-order chi connectivity index (χ0) is 22.9. The predicted molar refractivity (Wildman–Crippen MR) is 112 cm³/mol. The third-order valence-electron chi connectivity index (χ3n) is 5.67. The first-order valence-corrected chi connectivity index (χ1v) is 11.6. The van der Waals surface area contributed by atoms with Crippen molar-refractivity contribution in [1.29, 1.82) is 0 Å². The van der Waals surface area contributed by atoms with Crippen LogP contribution in [-0.4, -0.2) is 65.2 Å². The molecule has 4 rings (SSSR count). The molecule has 2 aromatic carbocycles. The Labute approximate surface area is 184 Å². The molecule has 174 valence electrons. The fraction of sp³-hybridized carbons (Fsp3) is 0.429. The van der Waals surface area contributed by atoms with Crippen molar-refractivity contribution in [1.82, 2.24) is 4.31 Å². The monoisotopic (exact) mass is 473 g/mol. The molecule has 2 aliphatic heterocycles. The van der Waals surface area contributed by atoms with Gasteiger partial charge in [0.15, 0.2) is 0 Å². The molecule has 2 fully saturated rings. The largest absolute Gasteiger partial charge is 0.418 e. The number of hydrogen-bond acceptors (Lipinski definition) is 5.